The van der Waals surface area contributed by atoms with Crippen LogP contribution in [-0.2, 0) is 10.0 Å². The summed E-state index contributed by atoms with van der Waals surface area (Å²) in [4.78, 5) is 0.239. The lowest BCUT2D eigenvalue weighted by Gasteiger charge is -2.36. The molecule has 0 atom stereocenters. The fourth-order valence-corrected chi connectivity index (χ4v) is 6.43. The lowest BCUT2D eigenvalue weighted by Crippen LogP contribution is -2.57. The van der Waals surface area contributed by atoms with Gasteiger partial charge in [0.25, 0.3) is 10.0 Å². The van der Waals surface area contributed by atoms with Gasteiger partial charge in [0.15, 0.2) is 0 Å². The van der Waals surface area contributed by atoms with Crippen LogP contribution in [0.3, 0.4) is 0 Å². The highest BCUT2D eigenvalue weighted by atomic mass is 79.9. The van der Waals surface area contributed by atoms with Crippen molar-refractivity contribution in [2.24, 2.45) is 5.73 Å². The van der Waals surface area contributed by atoms with Gasteiger partial charge in [0, 0.05) is 4.47 Å². The van der Waals surface area contributed by atoms with Crippen molar-refractivity contribution >= 4 is 54.5 Å². The summed E-state index contributed by atoms with van der Waals surface area (Å²) in [5, 5.41) is 1.73. The van der Waals surface area contributed by atoms with E-state index in [1.807, 2.05) is 0 Å². The molecular weight excluding hydrogens is 368 g/mol. The first kappa shape index (κ1) is 15.4. The molecule has 3 N–H and O–H groups in total. The molecule has 1 fully saturated rings. The summed E-state index contributed by atoms with van der Waals surface area (Å²) < 4.78 is 28.5. The minimum absolute atomic E-state index is 0.239. The Morgan fingerprint density at radius 2 is 2.05 bits per heavy atom. The molecule has 0 unspecified atom stereocenters. The highest BCUT2D eigenvalue weighted by Crippen LogP contribution is 2.33. The highest BCUT2D eigenvalue weighted by Gasteiger charge is 2.39. The number of nitrogens with two attached hydrogens (primary N) is 1. The molecule has 0 radical (unpaired) electrons. The van der Waals surface area contributed by atoms with Crippen LogP contribution in [-0.4, -0.2) is 18.9 Å². The minimum atomic E-state index is -3.60. The van der Waals surface area contributed by atoms with Crippen LogP contribution in [0, 0.1) is 0 Å². The van der Waals surface area contributed by atoms with Crippen LogP contribution < -0.4 is 10.5 Å². The van der Waals surface area contributed by atoms with Crippen molar-refractivity contribution in [3.63, 3.8) is 0 Å². The zero-order valence-corrected chi connectivity index (χ0v) is 14.2. The third-order valence-electron chi connectivity index (χ3n) is 3.34. The molecule has 1 heterocycles. The average Bonchev–Trinajstić information content (AvgIpc) is 2.77. The van der Waals surface area contributed by atoms with E-state index < -0.39 is 15.6 Å². The maximum absolute atomic E-state index is 12.4. The summed E-state index contributed by atoms with van der Waals surface area (Å²) in [7, 11) is -3.60. The van der Waals surface area contributed by atoms with Crippen molar-refractivity contribution < 1.29 is 8.42 Å². The maximum Gasteiger partial charge on any atom is 0.252 e. The van der Waals surface area contributed by atoms with Gasteiger partial charge >= 0.3 is 0 Å². The van der Waals surface area contributed by atoms with Crippen LogP contribution in [0.2, 0.25) is 0 Å². The first-order valence-electron chi connectivity index (χ1n) is 5.94. The molecule has 0 aromatic carbocycles. The highest BCUT2D eigenvalue weighted by molar-refractivity contribution is 9.10. The molecular formula is C11H15BrN2O2S3. The molecule has 0 spiro atoms. The van der Waals surface area contributed by atoms with E-state index in [1.54, 1.807) is 11.4 Å². The van der Waals surface area contributed by atoms with E-state index in [9.17, 15) is 8.42 Å². The summed E-state index contributed by atoms with van der Waals surface area (Å²) in [6.07, 6.45) is 4.31. The van der Waals surface area contributed by atoms with Gasteiger partial charge in [0.1, 0.15) is 4.21 Å². The standard InChI is InChI=1S/C11H15BrN2O2S3/c12-8-4-7-18-9(8)19(15,16)14-11(10(13)17)5-2-1-3-6-11/h4,7,14H,1-3,5-6H2,(H2,13,17). The molecule has 0 amide bonds. The quantitative estimate of drug-likeness (QED) is 0.785. The van der Waals surface area contributed by atoms with Gasteiger partial charge in [-0.25, -0.2) is 8.42 Å². The fraction of sp³-hybridized carbons (Fsp3) is 0.545. The second-order valence-corrected chi connectivity index (χ2v) is 8.76. The van der Waals surface area contributed by atoms with Gasteiger partial charge in [-0.15, -0.1) is 11.3 Å². The number of sulfonamides is 1. The topological polar surface area (TPSA) is 72.2 Å². The Kier molecular flexibility index (Phi) is 4.67. The first-order valence-corrected chi connectivity index (χ1v) is 9.51. The van der Waals surface area contributed by atoms with Crippen LogP contribution in [0.15, 0.2) is 20.1 Å². The van der Waals surface area contributed by atoms with E-state index in [0.29, 0.717) is 17.3 Å². The minimum Gasteiger partial charge on any atom is -0.392 e. The largest absolute Gasteiger partial charge is 0.392 e. The summed E-state index contributed by atoms with van der Waals surface area (Å²) in [5.41, 5.74) is 5.03. The molecule has 106 valence electrons. The van der Waals surface area contributed by atoms with E-state index in [1.165, 1.54) is 11.3 Å². The number of halogens is 1. The molecule has 1 aromatic heterocycles. The average molecular weight is 383 g/mol. The second-order valence-electron chi connectivity index (χ2n) is 4.67. The molecule has 4 nitrogen and oxygen atoms in total. The van der Waals surface area contributed by atoms with E-state index in [-0.39, 0.29) is 9.20 Å². The van der Waals surface area contributed by atoms with Crippen LogP contribution in [0.4, 0.5) is 0 Å². The molecule has 1 aliphatic carbocycles. The van der Waals surface area contributed by atoms with E-state index in [2.05, 4.69) is 20.7 Å². The van der Waals surface area contributed by atoms with Crippen molar-refractivity contribution in [1.82, 2.24) is 4.72 Å². The Hall–Kier alpha value is -0.0200. The van der Waals surface area contributed by atoms with Crippen LogP contribution >= 0.6 is 39.5 Å². The fourth-order valence-electron chi connectivity index (χ4n) is 2.33. The number of thiophene rings is 1. The van der Waals surface area contributed by atoms with Gasteiger partial charge in [0.05, 0.1) is 10.5 Å². The lowest BCUT2D eigenvalue weighted by atomic mass is 9.82. The Balaban J connectivity index is 2.32. The van der Waals surface area contributed by atoms with Gasteiger partial charge in [-0.05, 0) is 40.2 Å². The van der Waals surface area contributed by atoms with Crippen LogP contribution in [0.25, 0.3) is 0 Å². The van der Waals surface area contributed by atoms with Gasteiger partial charge in [-0.2, -0.15) is 4.72 Å². The predicted molar refractivity (Wildman–Crippen MR) is 84.9 cm³/mol. The zero-order chi connectivity index (χ0) is 14.1. The number of rotatable bonds is 4. The smallest absolute Gasteiger partial charge is 0.252 e. The Labute approximate surface area is 130 Å². The number of nitrogens with one attached hydrogen (secondary N) is 1. The molecule has 1 aromatic rings. The van der Waals surface area contributed by atoms with E-state index in [4.69, 9.17) is 18.0 Å². The van der Waals surface area contributed by atoms with Gasteiger partial charge in [0.2, 0.25) is 0 Å². The summed E-state index contributed by atoms with van der Waals surface area (Å²) in [6, 6.07) is 1.72. The summed E-state index contributed by atoms with van der Waals surface area (Å²) in [5.74, 6) is 0. The Morgan fingerprint density at radius 1 is 1.42 bits per heavy atom. The maximum atomic E-state index is 12.4. The third-order valence-corrected chi connectivity index (χ3v) is 7.93. The predicted octanol–water partition coefficient (Wildman–Crippen LogP) is 2.78. The van der Waals surface area contributed by atoms with Crippen LogP contribution in [0.1, 0.15) is 32.1 Å². The van der Waals surface area contributed by atoms with Crippen LogP contribution in [0.5, 0.6) is 0 Å². The SMILES string of the molecule is NC(=S)C1(NS(=O)(=O)c2sccc2Br)CCCCC1. The molecule has 1 aliphatic rings. The third kappa shape index (κ3) is 3.18. The Bertz CT molecular complexity index is 577. The zero-order valence-electron chi connectivity index (χ0n) is 10.2. The monoisotopic (exact) mass is 382 g/mol. The van der Waals surface area contributed by atoms with E-state index in [0.717, 1.165) is 19.3 Å². The van der Waals surface area contributed by atoms with E-state index >= 15 is 0 Å². The summed E-state index contributed by atoms with van der Waals surface area (Å²) in [6.45, 7) is 0. The normalized spacial score (nSPS) is 19.2. The number of thiocarbonyl (C=S) groups is 1. The number of hydrogen-bond donors (Lipinski definition) is 2. The number of hydrogen-bond acceptors (Lipinski definition) is 4. The molecule has 0 saturated heterocycles. The Morgan fingerprint density at radius 3 is 2.53 bits per heavy atom. The molecule has 8 heteroatoms. The molecule has 2 rings (SSSR count). The molecule has 1 saturated carbocycles. The molecule has 0 bridgehead atoms. The van der Waals surface area contributed by atoms with Gasteiger partial charge in [-0.1, -0.05) is 31.5 Å². The molecule has 0 aliphatic heterocycles. The van der Waals surface area contributed by atoms with Crippen molar-refractivity contribution in [3.8, 4) is 0 Å². The van der Waals surface area contributed by atoms with Crippen molar-refractivity contribution in [2.75, 3.05) is 0 Å². The van der Waals surface area contributed by atoms with Crippen molar-refractivity contribution in [3.05, 3.63) is 15.9 Å². The lowest BCUT2D eigenvalue weighted by molar-refractivity contribution is 0.353. The summed E-state index contributed by atoms with van der Waals surface area (Å²) >= 11 is 9.52. The van der Waals surface area contributed by atoms with Gasteiger partial charge < -0.3 is 5.73 Å². The second kappa shape index (κ2) is 5.77. The van der Waals surface area contributed by atoms with Gasteiger partial charge in [-0.3, -0.25) is 0 Å². The first-order chi connectivity index (χ1) is 8.87. The van der Waals surface area contributed by atoms with Crippen molar-refractivity contribution in [2.45, 2.75) is 41.9 Å². The molecule has 19 heavy (non-hydrogen) atoms. The van der Waals surface area contributed by atoms with Crippen molar-refractivity contribution in [1.29, 1.82) is 0 Å².